The number of hydrogen-bond acceptors (Lipinski definition) is 7. The molecule has 0 heterocycles. The van der Waals surface area contributed by atoms with Gasteiger partial charge in [-0.15, -0.1) is 0 Å². The molecule has 1 aliphatic carbocycles. The van der Waals surface area contributed by atoms with Gasteiger partial charge in [0.1, 0.15) is 18.3 Å². The van der Waals surface area contributed by atoms with Crippen molar-refractivity contribution in [2.75, 3.05) is 32.2 Å². The number of carbonyl (C=O) groups is 2. The van der Waals surface area contributed by atoms with Crippen LogP contribution in [0, 0.1) is 13.8 Å². The molecule has 0 unspecified atom stereocenters. The van der Waals surface area contributed by atoms with Crippen molar-refractivity contribution in [2.24, 2.45) is 0 Å². The molecule has 0 bridgehead atoms. The van der Waals surface area contributed by atoms with Crippen molar-refractivity contribution in [3.63, 3.8) is 0 Å². The Kier molecular flexibility index (Phi) is 11.6. The summed E-state index contributed by atoms with van der Waals surface area (Å²) >= 11 is 0. The highest BCUT2D eigenvalue weighted by molar-refractivity contribution is 7.92. The third-order valence-electron chi connectivity index (χ3n) is 8.29. The molecule has 4 rings (SSSR count). The fourth-order valence-corrected chi connectivity index (χ4v) is 7.40. The molecule has 1 saturated carbocycles. The Morgan fingerprint density at radius 1 is 0.891 bits per heavy atom. The lowest BCUT2D eigenvalue weighted by molar-refractivity contribution is -0.140. The van der Waals surface area contributed by atoms with Gasteiger partial charge in [-0.1, -0.05) is 38.0 Å². The Labute approximate surface area is 272 Å². The second-order valence-electron chi connectivity index (χ2n) is 11.7. The molecule has 3 aromatic rings. The van der Waals surface area contributed by atoms with Crippen LogP contribution in [-0.2, 0) is 26.2 Å². The van der Waals surface area contributed by atoms with Crippen LogP contribution in [0.2, 0.25) is 0 Å². The molecule has 0 spiro atoms. The lowest BCUT2D eigenvalue weighted by Gasteiger charge is -2.34. The van der Waals surface area contributed by atoms with Crippen LogP contribution in [0.5, 0.6) is 17.2 Å². The number of sulfonamides is 1. The molecule has 10 nitrogen and oxygen atoms in total. The molecule has 1 aliphatic rings. The number of ether oxygens (including phenoxy) is 3. The first-order chi connectivity index (χ1) is 22.0. The van der Waals surface area contributed by atoms with E-state index in [1.807, 2.05) is 45.0 Å². The number of anilines is 1. The quantitative estimate of drug-likeness (QED) is 0.249. The van der Waals surface area contributed by atoms with E-state index in [9.17, 15) is 18.0 Å². The van der Waals surface area contributed by atoms with E-state index < -0.39 is 28.5 Å². The molecule has 1 fully saturated rings. The van der Waals surface area contributed by atoms with Gasteiger partial charge in [0.25, 0.3) is 10.0 Å². The average molecular weight is 652 g/mol. The van der Waals surface area contributed by atoms with Crippen LogP contribution < -0.4 is 23.8 Å². The number of benzene rings is 3. The topological polar surface area (TPSA) is 114 Å². The third-order valence-corrected chi connectivity index (χ3v) is 10.1. The molecule has 0 aliphatic heterocycles. The molecule has 0 radical (unpaired) electrons. The van der Waals surface area contributed by atoms with Crippen LogP contribution in [0.3, 0.4) is 0 Å². The lowest BCUT2D eigenvalue weighted by Crippen LogP contribution is -2.53. The Balaban J connectivity index is 1.78. The first-order valence-electron chi connectivity index (χ1n) is 15.6. The van der Waals surface area contributed by atoms with Crippen LogP contribution in [0.1, 0.15) is 55.7 Å². The monoisotopic (exact) mass is 651 g/mol. The fourth-order valence-electron chi connectivity index (χ4n) is 5.98. The number of aryl methyl sites for hydroxylation is 2. The zero-order valence-electron chi connectivity index (χ0n) is 27.5. The molecule has 46 heavy (non-hydrogen) atoms. The van der Waals surface area contributed by atoms with Crippen LogP contribution >= 0.6 is 0 Å². The molecule has 0 aromatic heterocycles. The summed E-state index contributed by atoms with van der Waals surface area (Å²) in [6.07, 6.45) is 4.24. The van der Waals surface area contributed by atoms with Gasteiger partial charge in [0, 0.05) is 18.7 Å². The predicted molar refractivity (Wildman–Crippen MR) is 178 cm³/mol. The summed E-state index contributed by atoms with van der Waals surface area (Å²) < 4.78 is 46.0. The van der Waals surface area contributed by atoms with Gasteiger partial charge in [0.05, 0.1) is 31.9 Å². The van der Waals surface area contributed by atoms with E-state index in [2.05, 4.69) is 5.32 Å². The molecule has 2 amide bonds. The molecule has 11 heteroatoms. The number of nitrogens with one attached hydrogen (secondary N) is 1. The smallest absolute Gasteiger partial charge is 0.264 e. The van der Waals surface area contributed by atoms with Crippen molar-refractivity contribution in [1.29, 1.82) is 0 Å². The maximum atomic E-state index is 14.5. The second-order valence-corrected chi connectivity index (χ2v) is 13.5. The summed E-state index contributed by atoms with van der Waals surface area (Å²) in [6, 6.07) is 16.3. The van der Waals surface area contributed by atoms with Crippen molar-refractivity contribution in [3.05, 3.63) is 77.4 Å². The highest BCUT2D eigenvalue weighted by atomic mass is 32.2. The largest absolute Gasteiger partial charge is 0.497 e. The molecular weight excluding hydrogens is 606 g/mol. The number of nitrogens with zero attached hydrogens (tertiary/aromatic N) is 2. The van der Waals surface area contributed by atoms with E-state index in [1.165, 1.54) is 37.3 Å². The summed E-state index contributed by atoms with van der Waals surface area (Å²) in [4.78, 5) is 29.6. The molecular formula is C35H45N3O7S. The van der Waals surface area contributed by atoms with Gasteiger partial charge in [-0.3, -0.25) is 13.9 Å². The minimum atomic E-state index is -4.30. The van der Waals surface area contributed by atoms with Gasteiger partial charge < -0.3 is 24.4 Å². The Hall–Kier alpha value is -4.25. The van der Waals surface area contributed by atoms with E-state index in [4.69, 9.17) is 14.2 Å². The van der Waals surface area contributed by atoms with Crippen molar-refractivity contribution >= 4 is 27.5 Å². The summed E-state index contributed by atoms with van der Waals surface area (Å²) in [5, 5.41) is 3.14. The standard InChI is InChI=1S/C35H45N3O7S/c1-7-31(35(40)36-27-12-8-9-13-27)37(22-26-11-10-14-29(20-26)43-4)34(39)23-38(28-18-24(2)17-25(3)19-28)46(41,42)30-15-16-32(44-5)33(21-30)45-6/h10-11,14-21,27,31H,7-9,12-13,22-23H2,1-6H3,(H,36,40)/t31-/m0/s1. The van der Waals surface area contributed by atoms with Crippen molar-refractivity contribution in [2.45, 2.75) is 76.4 Å². The first-order valence-corrected chi connectivity index (χ1v) is 17.0. The van der Waals surface area contributed by atoms with Crippen molar-refractivity contribution in [1.82, 2.24) is 10.2 Å². The van der Waals surface area contributed by atoms with Gasteiger partial charge in [-0.05, 0) is 86.2 Å². The minimum Gasteiger partial charge on any atom is -0.497 e. The van der Waals surface area contributed by atoms with Crippen molar-refractivity contribution in [3.8, 4) is 17.2 Å². The Morgan fingerprint density at radius 3 is 2.17 bits per heavy atom. The normalized spacial score (nSPS) is 14.0. The Bertz CT molecular complexity index is 1620. The molecule has 3 aromatic carbocycles. The SMILES string of the molecule is CC[C@@H](C(=O)NC1CCCC1)N(Cc1cccc(OC)c1)C(=O)CN(c1cc(C)cc(C)c1)S(=O)(=O)c1ccc(OC)c(OC)c1. The maximum Gasteiger partial charge on any atom is 0.264 e. The van der Waals surface area contributed by atoms with Crippen LogP contribution in [0.4, 0.5) is 5.69 Å². The van der Waals surface area contributed by atoms with E-state index in [-0.39, 0.29) is 29.1 Å². The van der Waals surface area contributed by atoms with Crippen molar-refractivity contribution < 1.29 is 32.2 Å². The molecule has 1 N–H and O–H groups in total. The van der Waals surface area contributed by atoms with Gasteiger partial charge in [0.15, 0.2) is 11.5 Å². The lowest BCUT2D eigenvalue weighted by atomic mass is 10.1. The zero-order valence-corrected chi connectivity index (χ0v) is 28.4. The second kappa shape index (κ2) is 15.4. The summed E-state index contributed by atoms with van der Waals surface area (Å²) in [7, 11) is 0.160. The first kappa shape index (κ1) is 34.6. The van der Waals surface area contributed by atoms with Crippen LogP contribution in [-0.4, -0.2) is 65.1 Å². The van der Waals surface area contributed by atoms with Crippen LogP contribution in [0.25, 0.3) is 0 Å². The van der Waals surface area contributed by atoms with Crippen LogP contribution in [0.15, 0.2) is 65.6 Å². The van der Waals surface area contributed by atoms with E-state index in [0.29, 0.717) is 23.6 Å². The van der Waals surface area contributed by atoms with E-state index >= 15 is 0 Å². The average Bonchev–Trinajstić information content (AvgIpc) is 3.55. The number of carbonyl (C=O) groups excluding carboxylic acids is 2. The summed E-state index contributed by atoms with van der Waals surface area (Å²) in [5.41, 5.74) is 2.77. The summed E-state index contributed by atoms with van der Waals surface area (Å²) in [6.45, 7) is 5.15. The minimum absolute atomic E-state index is 0.0625. The van der Waals surface area contributed by atoms with Gasteiger partial charge in [-0.2, -0.15) is 0 Å². The Morgan fingerprint density at radius 2 is 1.57 bits per heavy atom. The van der Waals surface area contributed by atoms with Gasteiger partial charge >= 0.3 is 0 Å². The van der Waals surface area contributed by atoms with E-state index in [1.54, 1.807) is 25.3 Å². The molecule has 248 valence electrons. The maximum absolute atomic E-state index is 14.5. The number of rotatable bonds is 14. The third kappa shape index (κ3) is 8.12. The highest BCUT2D eigenvalue weighted by Gasteiger charge is 2.35. The molecule has 1 atom stereocenters. The predicted octanol–water partition coefficient (Wildman–Crippen LogP) is 5.39. The summed E-state index contributed by atoms with van der Waals surface area (Å²) in [5.74, 6) is 0.468. The highest BCUT2D eigenvalue weighted by Crippen LogP contribution is 2.33. The number of hydrogen-bond donors (Lipinski definition) is 1. The molecule has 0 saturated heterocycles. The number of methoxy groups -OCH3 is 3. The van der Waals surface area contributed by atoms with Gasteiger partial charge in [0.2, 0.25) is 11.8 Å². The number of amides is 2. The zero-order chi connectivity index (χ0) is 33.4. The van der Waals surface area contributed by atoms with E-state index in [0.717, 1.165) is 46.7 Å². The fraction of sp³-hybridized carbons (Fsp3) is 0.429. The van der Waals surface area contributed by atoms with Gasteiger partial charge in [-0.25, -0.2) is 8.42 Å².